The quantitative estimate of drug-likeness (QED) is 0.537. The third-order valence-corrected chi connectivity index (χ3v) is 6.12. The molecule has 0 unspecified atom stereocenters. The van der Waals surface area contributed by atoms with E-state index < -0.39 is 58.8 Å². The molecule has 12 heteroatoms. The zero-order valence-electron chi connectivity index (χ0n) is 18.5. The number of likely N-dealkylation sites (N-methyl/N-ethyl adjacent to an activating group) is 1. The van der Waals surface area contributed by atoms with Gasteiger partial charge in [0.2, 0.25) is 0 Å². The van der Waals surface area contributed by atoms with Crippen molar-refractivity contribution in [3.63, 3.8) is 0 Å². The van der Waals surface area contributed by atoms with Crippen LogP contribution in [0.1, 0.15) is 45.0 Å². The molecule has 0 aliphatic carbocycles. The fourth-order valence-corrected chi connectivity index (χ4v) is 4.18. The zero-order valence-corrected chi connectivity index (χ0v) is 18.5. The highest BCUT2D eigenvalue weighted by molar-refractivity contribution is 5.95. The van der Waals surface area contributed by atoms with E-state index in [1.807, 2.05) is 0 Å². The van der Waals surface area contributed by atoms with Crippen molar-refractivity contribution in [1.82, 2.24) is 9.80 Å². The minimum absolute atomic E-state index is 0.0289. The molecule has 2 aromatic carbocycles. The van der Waals surface area contributed by atoms with Gasteiger partial charge >= 0.3 is 18.4 Å². The van der Waals surface area contributed by atoms with Gasteiger partial charge in [-0.05, 0) is 48.7 Å². The Morgan fingerprint density at radius 3 is 2.06 bits per heavy atom. The van der Waals surface area contributed by atoms with E-state index in [-0.39, 0.29) is 25.6 Å². The molecule has 1 saturated heterocycles. The molecule has 0 spiro atoms. The van der Waals surface area contributed by atoms with E-state index in [1.54, 1.807) is 6.07 Å². The molecule has 1 aliphatic heterocycles. The van der Waals surface area contributed by atoms with Crippen LogP contribution in [-0.2, 0) is 12.4 Å². The Labute approximate surface area is 195 Å². The Hall–Kier alpha value is -3.31. The number of carbonyl (C=O) groups excluding carboxylic acids is 1. The largest absolute Gasteiger partial charge is 0.465 e. The Balaban J connectivity index is 2.02. The molecule has 1 heterocycles. The number of aryl methyl sites for hydroxylation is 1. The van der Waals surface area contributed by atoms with Gasteiger partial charge in [-0.1, -0.05) is 12.1 Å². The van der Waals surface area contributed by atoms with Crippen LogP contribution in [0.3, 0.4) is 0 Å². The van der Waals surface area contributed by atoms with E-state index in [1.165, 1.54) is 26.1 Å². The van der Waals surface area contributed by atoms with Gasteiger partial charge in [-0.25, -0.2) is 9.18 Å². The van der Waals surface area contributed by atoms with E-state index in [2.05, 4.69) is 0 Å². The summed E-state index contributed by atoms with van der Waals surface area (Å²) in [5.41, 5.74) is -3.39. The van der Waals surface area contributed by atoms with E-state index in [9.17, 15) is 45.4 Å². The summed E-state index contributed by atoms with van der Waals surface area (Å²) in [6.07, 6.45) is -11.4. The summed E-state index contributed by atoms with van der Waals surface area (Å²) in [5, 5.41) is 9.39. The van der Waals surface area contributed by atoms with E-state index >= 15 is 0 Å². The predicted molar refractivity (Wildman–Crippen MR) is 110 cm³/mol. The zero-order chi connectivity index (χ0) is 26.3. The summed E-state index contributed by atoms with van der Waals surface area (Å²) in [7, 11) is 1.22. The summed E-state index contributed by atoms with van der Waals surface area (Å²) >= 11 is 0. The van der Waals surface area contributed by atoms with Crippen molar-refractivity contribution >= 4 is 12.0 Å². The molecular formula is C23H21F7N2O3. The van der Waals surface area contributed by atoms with Gasteiger partial charge in [0.05, 0.1) is 11.1 Å². The Morgan fingerprint density at radius 1 is 1.00 bits per heavy atom. The number of carbonyl (C=O) groups is 2. The standard InChI is InChI=1S/C23H21F7N2O3/c1-12-3-4-13(9-18(12)24)17-11-32(21(34)35)6-5-19(17)31(2)20(33)14-7-15(22(25,26)27)10-16(8-14)23(28,29)30/h3-4,7-10,17,19H,5-6,11H2,1-2H3,(H,34,35)/t17-,19+/m0/s1. The highest BCUT2D eigenvalue weighted by Gasteiger charge is 2.40. The van der Waals surface area contributed by atoms with Gasteiger partial charge in [-0.15, -0.1) is 0 Å². The topological polar surface area (TPSA) is 60.9 Å². The molecule has 0 bridgehead atoms. The number of amides is 2. The molecule has 2 atom stereocenters. The molecule has 0 saturated carbocycles. The molecule has 2 aromatic rings. The van der Waals surface area contributed by atoms with Crippen molar-refractivity contribution in [2.45, 2.75) is 37.7 Å². The fraction of sp³-hybridized carbons (Fsp3) is 0.391. The number of likely N-dealkylation sites (tertiary alicyclic amines) is 1. The van der Waals surface area contributed by atoms with Gasteiger partial charge in [-0.2, -0.15) is 26.3 Å². The number of carboxylic acid groups (broad SMARTS) is 1. The molecule has 1 N–H and O–H groups in total. The molecule has 0 radical (unpaired) electrons. The second-order valence-electron chi connectivity index (χ2n) is 8.41. The first-order valence-electron chi connectivity index (χ1n) is 10.4. The van der Waals surface area contributed by atoms with Crippen LogP contribution in [0.2, 0.25) is 0 Å². The summed E-state index contributed by atoms with van der Waals surface area (Å²) in [6, 6.07) is 4.01. The maximum Gasteiger partial charge on any atom is 0.416 e. The average molecular weight is 506 g/mol. The summed E-state index contributed by atoms with van der Waals surface area (Å²) < 4.78 is 93.7. The summed E-state index contributed by atoms with van der Waals surface area (Å²) in [6.45, 7) is 1.35. The number of nitrogens with zero attached hydrogens (tertiary/aromatic N) is 2. The van der Waals surface area contributed by atoms with Gasteiger partial charge in [0.15, 0.2) is 0 Å². The number of alkyl halides is 6. The minimum Gasteiger partial charge on any atom is -0.465 e. The van der Waals surface area contributed by atoms with Crippen molar-refractivity contribution in [2.75, 3.05) is 20.1 Å². The first-order valence-corrected chi connectivity index (χ1v) is 10.4. The van der Waals surface area contributed by atoms with Crippen LogP contribution in [-0.4, -0.2) is 53.1 Å². The van der Waals surface area contributed by atoms with Crippen molar-refractivity contribution in [1.29, 1.82) is 0 Å². The highest BCUT2D eigenvalue weighted by atomic mass is 19.4. The van der Waals surface area contributed by atoms with Gasteiger partial charge in [0, 0.05) is 37.7 Å². The van der Waals surface area contributed by atoms with Gasteiger partial charge in [-0.3, -0.25) is 4.79 Å². The Bertz CT molecular complexity index is 1100. The third-order valence-electron chi connectivity index (χ3n) is 6.12. The molecule has 0 aromatic heterocycles. The third kappa shape index (κ3) is 5.68. The molecular weight excluding hydrogens is 485 g/mol. The molecule has 3 rings (SSSR count). The maximum absolute atomic E-state index is 14.2. The van der Waals surface area contributed by atoms with Crippen LogP contribution in [0.15, 0.2) is 36.4 Å². The van der Waals surface area contributed by atoms with E-state index in [4.69, 9.17) is 0 Å². The van der Waals surface area contributed by atoms with Crippen molar-refractivity contribution < 1.29 is 45.4 Å². The van der Waals surface area contributed by atoms with E-state index in [0.29, 0.717) is 23.3 Å². The second-order valence-corrected chi connectivity index (χ2v) is 8.41. The van der Waals surface area contributed by atoms with Gasteiger partial charge in [0.1, 0.15) is 5.82 Å². The lowest BCUT2D eigenvalue weighted by Crippen LogP contribution is -2.51. The molecule has 5 nitrogen and oxygen atoms in total. The van der Waals surface area contributed by atoms with Crippen LogP contribution in [0, 0.1) is 12.7 Å². The molecule has 1 aliphatic rings. The van der Waals surface area contributed by atoms with Crippen LogP contribution < -0.4 is 0 Å². The number of halogens is 7. The molecule has 35 heavy (non-hydrogen) atoms. The first kappa shape index (κ1) is 26.3. The lowest BCUT2D eigenvalue weighted by atomic mass is 9.84. The van der Waals surface area contributed by atoms with Crippen molar-refractivity contribution in [3.8, 4) is 0 Å². The van der Waals surface area contributed by atoms with Crippen LogP contribution in [0.25, 0.3) is 0 Å². The molecule has 190 valence electrons. The fourth-order valence-electron chi connectivity index (χ4n) is 4.18. The molecule has 2 amide bonds. The average Bonchev–Trinajstić information content (AvgIpc) is 2.78. The van der Waals surface area contributed by atoms with Crippen molar-refractivity contribution in [2.24, 2.45) is 0 Å². The predicted octanol–water partition coefficient (Wildman–Crippen LogP) is 5.78. The maximum atomic E-state index is 14.2. The number of hydrogen-bond acceptors (Lipinski definition) is 2. The molecule has 1 fully saturated rings. The lowest BCUT2D eigenvalue weighted by molar-refractivity contribution is -0.143. The number of hydrogen-bond donors (Lipinski definition) is 1. The SMILES string of the molecule is Cc1ccc([C@@H]2CN(C(=O)O)CC[C@H]2N(C)C(=O)c2cc(C(F)(F)F)cc(C(F)(F)F)c2)cc1F. The summed E-state index contributed by atoms with van der Waals surface area (Å²) in [5.74, 6) is -2.44. The van der Waals surface area contributed by atoms with Crippen molar-refractivity contribution in [3.05, 3.63) is 70.0 Å². The monoisotopic (exact) mass is 506 g/mol. The Morgan fingerprint density at radius 2 is 1.57 bits per heavy atom. The number of rotatable bonds is 3. The van der Waals surface area contributed by atoms with Gasteiger partial charge < -0.3 is 14.9 Å². The smallest absolute Gasteiger partial charge is 0.416 e. The minimum atomic E-state index is -5.12. The second kappa shape index (κ2) is 9.38. The number of benzene rings is 2. The van der Waals surface area contributed by atoms with Crippen LogP contribution in [0.4, 0.5) is 35.5 Å². The van der Waals surface area contributed by atoms with Crippen LogP contribution in [0.5, 0.6) is 0 Å². The number of piperidine rings is 1. The van der Waals surface area contributed by atoms with Crippen LogP contribution >= 0.6 is 0 Å². The van der Waals surface area contributed by atoms with Gasteiger partial charge in [0.25, 0.3) is 5.91 Å². The summed E-state index contributed by atoms with van der Waals surface area (Å²) in [4.78, 5) is 26.7. The normalized spacial score (nSPS) is 18.9. The highest BCUT2D eigenvalue weighted by Crippen LogP contribution is 2.37. The van der Waals surface area contributed by atoms with E-state index in [0.717, 1.165) is 9.80 Å². The lowest BCUT2D eigenvalue weighted by Gasteiger charge is -2.42. The Kier molecular flexibility index (Phi) is 7.05. The first-order chi connectivity index (χ1) is 16.1.